The molecule has 3 heterocycles. The maximum atomic E-state index is 5.54. The van der Waals surface area contributed by atoms with Gasteiger partial charge in [0, 0.05) is 38.1 Å². The minimum atomic E-state index is 0.375. The van der Waals surface area contributed by atoms with E-state index in [1.165, 1.54) is 43.8 Å². The van der Waals surface area contributed by atoms with Crippen LogP contribution in [-0.2, 0) is 4.74 Å². The van der Waals surface area contributed by atoms with Gasteiger partial charge in [0.2, 0.25) is 0 Å². The largest absolute Gasteiger partial charge is 0.379 e. The lowest BCUT2D eigenvalue weighted by atomic mass is 9.97. The molecule has 2 aliphatic heterocycles. The smallest absolute Gasteiger partial charge is 0.191 e. The number of hydrogen-bond acceptors (Lipinski definition) is 5. The Morgan fingerprint density at radius 1 is 1.25 bits per heavy atom. The van der Waals surface area contributed by atoms with Crippen LogP contribution in [-0.4, -0.2) is 81.8 Å². The van der Waals surface area contributed by atoms with E-state index in [-0.39, 0.29) is 0 Å². The molecule has 2 aliphatic rings. The van der Waals surface area contributed by atoms with Crippen molar-refractivity contribution >= 4 is 17.3 Å². The number of nitrogens with one attached hydrogen (secondary N) is 2. The van der Waals surface area contributed by atoms with Crippen molar-refractivity contribution < 1.29 is 4.74 Å². The van der Waals surface area contributed by atoms with E-state index in [1.807, 2.05) is 18.4 Å². The predicted octanol–water partition coefficient (Wildman–Crippen LogP) is 2.41. The van der Waals surface area contributed by atoms with Crippen molar-refractivity contribution in [1.82, 2.24) is 20.4 Å². The number of guanidine groups is 1. The quantitative estimate of drug-likeness (QED) is 0.512. The number of aliphatic imine (C=N–C) groups is 1. The molecule has 1 aromatic rings. The second kappa shape index (κ2) is 11.8. The highest BCUT2D eigenvalue weighted by atomic mass is 32.1. The van der Waals surface area contributed by atoms with Crippen molar-refractivity contribution in [2.75, 3.05) is 66.1 Å². The van der Waals surface area contributed by atoms with Gasteiger partial charge in [0.15, 0.2) is 5.96 Å². The topological polar surface area (TPSA) is 52.1 Å². The van der Waals surface area contributed by atoms with Crippen LogP contribution in [0.5, 0.6) is 0 Å². The number of nitrogens with zero attached hydrogens (tertiary/aromatic N) is 3. The molecule has 1 atom stereocenters. The summed E-state index contributed by atoms with van der Waals surface area (Å²) in [6.45, 7) is 11.5. The molecule has 2 fully saturated rings. The van der Waals surface area contributed by atoms with Crippen LogP contribution in [0, 0.1) is 5.92 Å². The van der Waals surface area contributed by atoms with Gasteiger partial charge in [0.1, 0.15) is 0 Å². The first-order chi connectivity index (χ1) is 13.8. The molecule has 3 rings (SSSR count). The summed E-state index contributed by atoms with van der Waals surface area (Å²) in [6, 6.07) is 4.76. The van der Waals surface area contributed by atoms with Gasteiger partial charge in [-0.2, -0.15) is 0 Å². The van der Waals surface area contributed by atoms with E-state index in [2.05, 4.69) is 49.9 Å². The van der Waals surface area contributed by atoms with Crippen molar-refractivity contribution in [3.05, 3.63) is 22.4 Å². The third kappa shape index (κ3) is 6.44. The summed E-state index contributed by atoms with van der Waals surface area (Å²) in [4.78, 5) is 11.0. The third-order valence-electron chi connectivity index (χ3n) is 5.85. The van der Waals surface area contributed by atoms with Gasteiger partial charge in [-0.25, -0.2) is 0 Å². The van der Waals surface area contributed by atoms with Crippen molar-refractivity contribution in [3.63, 3.8) is 0 Å². The molecule has 158 valence electrons. The number of rotatable bonds is 8. The monoisotopic (exact) mass is 407 g/mol. The molecular weight excluding hydrogens is 370 g/mol. The first kappa shape index (κ1) is 21.6. The number of ether oxygens (including phenoxy) is 1. The molecule has 0 saturated carbocycles. The van der Waals surface area contributed by atoms with Crippen LogP contribution < -0.4 is 10.6 Å². The van der Waals surface area contributed by atoms with E-state index in [0.29, 0.717) is 6.04 Å². The molecule has 2 N–H and O–H groups in total. The third-order valence-corrected chi connectivity index (χ3v) is 6.82. The zero-order valence-corrected chi connectivity index (χ0v) is 18.3. The zero-order valence-electron chi connectivity index (χ0n) is 17.5. The lowest BCUT2D eigenvalue weighted by Crippen LogP contribution is -2.47. The normalized spacial score (nSPS) is 21.6. The van der Waals surface area contributed by atoms with Gasteiger partial charge in [0.05, 0.1) is 19.3 Å². The highest BCUT2D eigenvalue weighted by Crippen LogP contribution is 2.25. The molecule has 2 saturated heterocycles. The summed E-state index contributed by atoms with van der Waals surface area (Å²) in [5, 5.41) is 9.31. The molecule has 28 heavy (non-hydrogen) atoms. The van der Waals surface area contributed by atoms with Crippen LogP contribution in [0.1, 0.15) is 37.1 Å². The molecule has 0 amide bonds. The van der Waals surface area contributed by atoms with Gasteiger partial charge in [-0.15, -0.1) is 11.3 Å². The van der Waals surface area contributed by atoms with Crippen molar-refractivity contribution in [2.24, 2.45) is 10.9 Å². The summed E-state index contributed by atoms with van der Waals surface area (Å²) in [7, 11) is 1.87. The van der Waals surface area contributed by atoms with E-state index in [0.717, 1.165) is 51.3 Å². The fourth-order valence-electron chi connectivity index (χ4n) is 4.17. The van der Waals surface area contributed by atoms with E-state index >= 15 is 0 Å². The van der Waals surface area contributed by atoms with Crippen LogP contribution in [0.3, 0.4) is 0 Å². The van der Waals surface area contributed by atoms with E-state index in [9.17, 15) is 0 Å². The fraction of sp³-hybridized carbons (Fsp3) is 0.762. The molecule has 0 aliphatic carbocycles. The second-order valence-corrected chi connectivity index (χ2v) is 8.78. The van der Waals surface area contributed by atoms with Crippen LogP contribution in [0.15, 0.2) is 22.5 Å². The van der Waals surface area contributed by atoms with E-state index in [4.69, 9.17) is 4.74 Å². The summed E-state index contributed by atoms with van der Waals surface area (Å²) in [6.07, 6.45) is 3.83. The lowest BCUT2D eigenvalue weighted by molar-refractivity contribution is 0.0177. The van der Waals surface area contributed by atoms with Gasteiger partial charge in [-0.3, -0.25) is 9.89 Å². The minimum Gasteiger partial charge on any atom is -0.379 e. The Balaban J connectivity index is 1.45. The molecule has 0 radical (unpaired) electrons. The average molecular weight is 408 g/mol. The van der Waals surface area contributed by atoms with Crippen molar-refractivity contribution in [3.8, 4) is 0 Å². The Kier molecular flexibility index (Phi) is 9.05. The SMILES string of the molecule is CCCN1CCC(CNC(=NC)NCC(c2cccs2)N2CCOCC2)CC1. The Labute approximate surface area is 174 Å². The first-order valence-electron chi connectivity index (χ1n) is 10.8. The Morgan fingerprint density at radius 3 is 2.68 bits per heavy atom. The maximum Gasteiger partial charge on any atom is 0.191 e. The fourth-order valence-corrected chi connectivity index (χ4v) is 5.03. The predicted molar refractivity (Wildman–Crippen MR) is 118 cm³/mol. The van der Waals surface area contributed by atoms with Gasteiger partial charge in [-0.05, 0) is 56.3 Å². The summed E-state index contributed by atoms with van der Waals surface area (Å²) < 4.78 is 5.54. The highest BCUT2D eigenvalue weighted by Gasteiger charge is 2.24. The molecule has 7 heteroatoms. The molecule has 0 aromatic carbocycles. The Morgan fingerprint density at radius 2 is 2.04 bits per heavy atom. The lowest BCUT2D eigenvalue weighted by Gasteiger charge is -2.34. The van der Waals surface area contributed by atoms with Crippen LogP contribution >= 0.6 is 11.3 Å². The molecule has 6 nitrogen and oxygen atoms in total. The van der Waals surface area contributed by atoms with Crippen LogP contribution in [0.4, 0.5) is 0 Å². The zero-order chi connectivity index (χ0) is 19.6. The minimum absolute atomic E-state index is 0.375. The van der Waals surface area contributed by atoms with Crippen molar-refractivity contribution in [1.29, 1.82) is 0 Å². The van der Waals surface area contributed by atoms with Gasteiger partial charge in [-0.1, -0.05) is 13.0 Å². The summed E-state index contributed by atoms with van der Waals surface area (Å²) in [5.41, 5.74) is 0. The van der Waals surface area contributed by atoms with Crippen molar-refractivity contribution in [2.45, 2.75) is 32.2 Å². The molecule has 0 bridgehead atoms. The number of hydrogen-bond donors (Lipinski definition) is 2. The number of thiophene rings is 1. The molecule has 1 aromatic heterocycles. The standard InChI is InChI=1S/C21H37N5OS/c1-3-8-25-9-6-18(7-10-25)16-23-21(22-2)24-17-19(20-5-4-15-28-20)26-11-13-27-14-12-26/h4-5,15,18-19H,3,6-14,16-17H2,1-2H3,(H2,22,23,24). The van der Waals surface area contributed by atoms with E-state index < -0.39 is 0 Å². The summed E-state index contributed by atoms with van der Waals surface area (Å²) in [5.74, 6) is 1.67. The second-order valence-electron chi connectivity index (χ2n) is 7.80. The first-order valence-corrected chi connectivity index (χ1v) is 11.7. The maximum absolute atomic E-state index is 5.54. The number of likely N-dealkylation sites (tertiary alicyclic amines) is 1. The molecule has 1 unspecified atom stereocenters. The van der Waals surface area contributed by atoms with Crippen LogP contribution in [0.2, 0.25) is 0 Å². The highest BCUT2D eigenvalue weighted by molar-refractivity contribution is 7.10. The number of piperidine rings is 1. The van der Waals surface area contributed by atoms with Gasteiger partial charge >= 0.3 is 0 Å². The van der Waals surface area contributed by atoms with Gasteiger partial charge < -0.3 is 20.3 Å². The summed E-state index contributed by atoms with van der Waals surface area (Å²) >= 11 is 1.84. The van der Waals surface area contributed by atoms with Crippen LogP contribution in [0.25, 0.3) is 0 Å². The average Bonchev–Trinajstić information content (AvgIpc) is 3.27. The Hall–Kier alpha value is -1.15. The van der Waals surface area contributed by atoms with E-state index in [1.54, 1.807) is 0 Å². The number of morpholine rings is 1. The van der Waals surface area contributed by atoms with Gasteiger partial charge in [0.25, 0.3) is 0 Å². The Bertz CT molecular complexity index is 565. The molecule has 0 spiro atoms. The molecular formula is C21H37N5OS.